The van der Waals surface area contributed by atoms with E-state index in [4.69, 9.17) is 4.74 Å². The summed E-state index contributed by atoms with van der Waals surface area (Å²) in [4.78, 5) is 22.6. The Morgan fingerprint density at radius 3 is 2.47 bits per heavy atom. The molecule has 0 radical (unpaired) electrons. The topological polar surface area (TPSA) is 93.7 Å². The predicted molar refractivity (Wildman–Crippen MR) is 65.9 cm³/mol. The second-order valence-corrected chi connectivity index (χ2v) is 7.41. The summed E-state index contributed by atoms with van der Waals surface area (Å²) in [6.07, 6.45) is 1.54. The van der Waals surface area contributed by atoms with Gasteiger partial charge in [-0.3, -0.25) is 9.65 Å². The fraction of sp³-hybridized carbons (Fsp3) is 0.750. The van der Waals surface area contributed by atoms with E-state index in [0.29, 0.717) is 0 Å². The highest BCUT2D eigenvalue weighted by Gasteiger charge is 2.25. The van der Waals surface area contributed by atoms with Crippen LogP contribution in [0.15, 0.2) is 0 Å². The monoisotopic (exact) mass is 284 g/mol. The molecular formula is C8H17N2O5PS. The molecule has 7 nitrogen and oxygen atoms in total. The molecule has 2 atom stereocenters. The van der Waals surface area contributed by atoms with E-state index >= 15 is 0 Å². The van der Waals surface area contributed by atoms with Gasteiger partial charge in [0, 0.05) is 7.11 Å². The Labute approximate surface area is 104 Å². The summed E-state index contributed by atoms with van der Waals surface area (Å²) in [7, 11) is 1.23. The maximum Gasteiger partial charge on any atom is 0.354 e. The van der Waals surface area contributed by atoms with Gasteiger partial charge in [-0.1, -0.05) is 11.4 Å². The van der Waals surface area contributed by atoms with Gasteiger partial charge in [-0.15, -0.1) is 0 Å². The molecule has 17 heavy (non-hydrogen) atoms. The first-order chi connectivity index (χ1) is 7.88. The lowest BCUT2D eigenvalue weighted by atomic mass is 10.3. The summed E-state index contributed by atoms with van der Waals surface area (Å²) in [6.45, 7) is 0.124. The van der Waals surface area contributed by atoms with E-state index in [1.54, 1.807) is 13.2 Å². The number of urea groups is 1. The Hall–Kier alpha value is -0.720. The van der Waals surface area contributed by atoms with Crippen LogP contribution in [0.1, 0.15) is 13.8 Å². The molecule has 0 bridgehead atoms. The number of hydrogen-bond acceptors (Lipinski definition) is 6. The number of ether oxygens (including phenoxy) is 1. The summed E-state index contributed by atoms with van der Waals surface area (Å²) >= 11 is 0.892. The van der Waals surface area contributed by atoms with Gasteiger partial charge in [0.2, 0.25) is 0 Å². The molecule has 0 saturated carbocycles. The molecule has 0 heterocycles. The third-order valence-electron chi connectivity index (χ3n) is 1.71. The minimum atomic E-state index is -3.24. The normalized spacial score (nSPS) is 15.5. The van der Waals surface area contributed by atoms with Crippen LogP contribution in [0, 0.1) is 0 Å². The van der Waals surface area contributed by atoms with E-state index in [9.17, 15) is 14.2 Å². The van der Waals surface area contributed by atoms with Gasteiger partial charge in [-0.25, -0.2) is 9.59 Å². The van der Waals surface area contributed by atoms with E-state index in [-0.39, 0.29) is 6.61 Å². The zero-order valence-electron chi connectivity index (χ0n) is 10.2. The van der Waals surface area contributed by atoms with Crippen LogP contribution in [0.25, 0.3) is 0 Å². The minimum Gasteiger partial charge on any atom is -0.464 e. The quantitative estimate of drug-likeness (QED) is 0.565. The molecule has 100 valence electrons. The van der Waals surface area contributed by atoms with Crippen molar-refractivity contribution in [1.82, 2.24) is 10.4 Å². The van der Waals surface area contributed by atoms with Crippen molar-refractivity contribution in [2.75, 3.05) is 20.0 Å². The van der Waals surface area contributed by atoms with Gasteiger partial charge in [-0.05, 0) is 20.1 Å². The lowest BCUT2D eigenvalue weighted by Crippen LogP contribution is -2.43. The smallest absolute Gasteiger partial charge is 0.354 e. The van der Waals surface area contributed by atoms with Crippen LogP contribution < -0.4 is 10.4 Å². The molecule has 0 aliphatic heterocycles. The summed E-state index contributed by atoms with van der Waals surface area (Å²) < 4.78 is 21.1. The second-order valence-electron chi connectivity index (χ2n) is 2.92. The largest absolute Gasteiger partial charge is 0.464 e. The van der Waals surface area contributed by atoms with Crippen LogP contribution in [0.5, 0.6) is 0 Å². The fourth-order valence-corrected chi connectivity index (χ4v) is 2.46. The molecule has 0 aromatic rings. The van der Waals surface area contributed by atoms with Crippen LogP contribution in [-0.2, 0) is 18.6 Å². The van der Waals surface area contributed by atoms with Gasteiger partial charge in [0.05, 0.1) is 6.61 Å². The van der Waals surface area contributed by atoms with Crippen molar-refractivity contribution in [2.45, 2.75) is 19.9 Å². The highest BCUT2D eigenvalue weighted by molar-refractivity contribution is 8.55. The van der Waals surface area contributed by atoms with Crippen molar-refractivity contribution < 1.29 is 23.4 Å². The van der Waals surface area contributed by atoms with Gasteiger partial charge in [0.15, 0.2) is 0 Å². The average Bonchev–Trinajstić information content (AvgIpc) is 2.28. The lowest BCUT2D eigenvalue weighted by Gasteiger charge is -2.17. The van der Waals surface area contributed by atoms with Crippen molar-refractivity contribution in [1.29, 1.82) is 0 Å². The lowest BCUT2D eigenvalue weighted by molar-refractivity contribution is -0.144. The average molecular weight is 284 g/mol. The molecule has 2 unspecified atom stereocenters. The van der Waals surface area contributed by atoms with Crippen molar-refractivity contribution in [2.24, 2.45) is 0 Å². The maximum absolute atomic E-state index is 11.7. The molecule has 0 aromatic heterocycles. The van der Waals surface area contributed by atoms with Gasteiger partial charge in [-0.2, -0.15) is 0 Å². The molecule has 0 rings (SSSR count). The molecule has 0 spiro atoms. The van der Waals surface area contributed by atoms with E-state index in [2.05, 4.69) is 14.9 Å². The highest BCUT2D eigenvalue weighted by atomic mass is 32.7. The number of carbonyl (C=O) groups excluding carboxylic acids is 2. The van der Waals surface area contributed by atoms with Gasteiger partial charge in [0.25, 0.3) is 0 Å². The van der Waals surface area contributed by atoms with Crippen LogP contribution in [0.4, 0.5) is 4.79 Å². The van der Waals surface area contributed by atoms with Crippen molar-refractivity contribution in [3.63, 3.8) is 0 Å². The van der Waals surface area contributed by atoms with Crippen LogP contribution >= 0.6 is 18.1 Å². The SMILES string of the molecule is CCOC(=O)C(C)NC(=O)NP(=O)(OC)SC. The summed E-state index contributed by atoms with van der Waals surface area (Å²) in [6, 6.07) is -1.56. The van der Waals surface area contributed by atoms with E-state index in [1.807, 2.05) is 0 Å². The molecule has 0 aliphatic carbocycles. The van der Waals surface area contributed by atoms with E-state index in [1.165, 1.54) is 14.0 Å². The Bertz CT molecular complexity index is 317. The van der Waals surface area contributed by atoms with Gasteiger partial charge < -0.3 is 14.6 Å². The van der Waals surface area contributed by atoms with Crippen molar-refractivity contribution in [3.05, 3.63) is 0 Å². The summed E-state index contributed by atoms with van der Waals surface area (Å²) in [5.74, 6) is -0.556. The minimum absolute atomic E-state index is 0.230. The molecule has 0 aromatic carbocycles. The molecule has 0 aliphatic rings. The zero-order valence-corrected chi connectivity index (χ0v) is 11.9. The predicted octanol–water partition coefficient (Wildman–Crippen LogP) is 1.35. The van der Waals surface area contributed by atoms with Gasteiger partial charge >= 0.3 is 18.7 Å². The Morgan fingerprint density at radius 1 is 1.47 bits per heavy atom. The van der Waals surface area contributed by atoms with Crippen molar-refractivity contribution in [3.8, 4) is 0 Å². The first kappa shape index (κ1) is 16.3. The van der Waals surface area contributed by atoms with E-state index < -0.39 is 24.8 Å². The molecule has 9 heteroatoms. The second kappa shape index (κ2) is 7.58. The zero-order chi connectivity index (χ0) is 13.5. The molecule has 2 amide bonds. The molecule has 2 N–H and O–H groups in total. The van der Waals surface area contributed by atoms with Crippen molar-refractivity contribution >= 4 is 30.1 Å². The maximum atomic E-state index is 11.7. The van der Waals surface area contributed by atoms with E-state index in [0.717, 1.165) is 11.4 Å². The van der Waals surface area contributed by atoms with Crippen LogP contribution in [0.2, 0.25) is 0 Å². The fourth-order valence-electron chi connectivity index (χ4n) is 0.845. The number of carbonyl (C=O) groups is 2. The first-order valence-corrected chi connectivity index (χ1v) is 8.31. The van der Waals surface area contributed by atoms with Gasteiger partial charge in [0.1, 0.15) is 6.04 Å². The number of amides is 2. The first-order valence-electron chi connectivity index (χ1n) is 4.85. The Balaban J connectivity index is 4.27. The molecular weight excluding hydrogens is 267 g/mol. The third kappa shape index (κ3) is 5.95. The Morgan fingerprint density at radius 2 is 2.06 bits per heavy atom. The number of nitrogens with one attached hydrogen (secondary N) is 2. The van der Waals surface area contributed by atoms with Crippen LogP contribution in [0.3, 0.4) is 0 Å². The number of esters is 1. The number of hydrogen-bond donors (Lipinski definition) is 2. The third-order valence-corrected chi connectivity index (χ3v) is 5.31. The highest BCUT2D eigenvalue weighted by Crippen LogP contribution is 2.53. The summed E-state index contributed by atoms with van der Waals surface area (Å²) in [5.41, 5.74) is 0. The van der Waals surface area contributed by atoms with Crippen LogP contribution in [-0.4, -0.2) is 38.0 Å². The summed E-state index contributed by atoms with van der Waals surface area (Å²) in [5, 5.41) is 4.46. The molecule has 0 fully saturated rings. The Kier molecular flexibility index (Phi) is 7.26. The molecule has 0 saturated heterocycles. The standard InChI is InChI=1S/C8H17N2O5PS/c1-5-15-7(11)6(2)9-8(12)10-16(13,14-3)17-4/h6H,5H2,1-4H3,(H2,9,10,12,13). The number of rotatable bonds is 6.